The molecule has 2 aromatic carbocycles. The van der Waals surface area contributed by atoms with Crippen LogP contribution < -0.4 is 14.4 Å². The number of nitrogens with zero attached hydrogens (tertiary/aromatic N) is 2. The number of benzene rings is 2. The third-order valence-corrected chi connectivity index (χ3v) is 8.32. The minimum atomic E-state index is -3.53. The Morgan fingerprint density at radius 3 is 2.45 bits per heavy atom. The minimum absolute atomic E-state index is 0.114. The summed E-state index contributed by atoms with van der Waals surface area (Å²) in [4.78, 5) is 28.3. The van der Waals surface area contributed by atoms with Gasteiger partial charge in [-0.05, 0) is 62.4 Å². The Balaban J connectivity index is 1.74. The standard InChI is InChI=1S/C29H41N3O5S/c1-22-12-8-9-17-27(22)32(38(4,35)36)19-11-18-28(33)31(21-24-13-10-16-26(20-24)37-3)23(2)29(34)30-25-14-6-5-7-15-25/h8-10,12-13,16-17,20,23,25H,5-7,11,14-15,18-19,21H2,1-4H3,(H,30,34)/t23-/m1/s1. The number of anilines is 1. The third kappa shape index (κ3) is 8.21. The lowest BCUT2D eigenvalue weighted by Gasteiger charge is -2.31. The van der Waals surface area contributed by atoms with Gasteiger partial charge in [0.2, 0.25) is 21.8 Å². The number of aryl methyl sites for hydroxylation is 1. The Morgan fingerprint density at radius 1 is 1.08 bits per heavy atom. The molecule has 0 aromatic heterocycles. The van der Waals surface area contributed by atoms with Gasteiger partial charge in [0.1, 0.15) is 11.8 Å². The van der Waals surface area contributed by atoms with Gasteiger partial charge in [-0.2, -0.15) is 0 Å². The molecule has 3 rings (SSSR count). The molecule has 1 atom stereocenters. The number of para-hydroxylation sites is 1. The fourth-order valence-corrected chi connectivity index (χ4v) is 5.97. The fourth-order valence-electron chi connectivity index (χ4n) is 4.94. The van der Waals surface area contributed by atoms with Gasteiger partial charge in [0.25, 0.3) is 0 Å². The summed E-state index contributed by atoms with van der Waals surface area (Å²) < 4.78 is 31.8. The zero-order chi connectivity index (χ0) is 27.7. The largest absolute Gasteiger partial charge is 0.497 e. The van der Waals surface area contributed by atoms with E-state index in [9.17, 15) is 18.0 Å². The summed E-state index contributed by atoms with van der Waals surface area (Å²) in [6.07, 6.45) is 6.93. The van der Waals surface area contributed by atoms with Gasteiger partial charge in [-0.1, -0.05) is 49.6 Å². The summed E-state index contributed by atoms with van der Waals surface area (Å²) in [7, 11) is -1.94. The number of hydrogen-bond acceptors (Lipinski definition) is 5. The number of methoxy groups -OCH3 is 1. The summed E-state index contributed by atoms with van der Waals surface area (Å²) in [5.41, 5.74) is 2.31. The van der Waals surface area contributed by atoms with Gasteiger partial charge in [-0.15, -0.1) is 0 Å². The number of amides is 2. The lowest BCUT2D eigenvalue weighted by Crippen LogP contribution is -2.50. The van der Waals surface area contributed by atoms with Crippen molar-refractivity contribution in [1.82, 2.24) is 10.2 Å². The minimum Gasteiger partial charge on any atom is -0.497 e. The van der Waals surface area contributed by atoms with Crippen molar-refractivity contribution in [1.29, 1.82) is 0 Å². The van der Waals surface area contributed by atoms with Crippen LogP contribution in [0.2, 0.25) is 0 Å². The molecule has 1 N–H and O–H groups in total. The highest BCUT2D eigenvalue weighted by molar-refractivity contribution is 7.92. The SMILES string of the molecule is COc1cccc(CN(C(=O)CCCN(c2ccccc2C)S(C)(=O)=O)[C@H](C)C(=O)NC2CCCCC2)c1. The number of hydrogen-bond donors (Lipinski definition) is 1. The maximum absolute atomic E-state index is 13.5. The molecule has 2 amide bonds. The second-order valence-electron chi connectivity index (χ2n) is 10.1. The Morgan fingerprint density at radius 2 is 1.79 bits per heavy atom. The van der Waals surface area contributed by atoms with Crippen LogP contribution in [0.3, 0.4) is 0 Å². The predicted molar refractivity (Wildman–Crippen MR) is 151 cm³/mol. The molecule has 8 nitrogen and oxygen atoms in total. The molecule has 0 saturated heterocycles. The van der Waals surface area contributed by atoms with E-state index in [1.165, 1.54) is 17.0 Å². The van der Waals surface area contributed by atoms with Crippen molar-refractivity contribution >= 4 is 27.5 Å². The highest BCUT2D eigenvalue weighted by Gasteiger charge is 2.28. The van der Waals surface area contributed by atoms with E-state index < -0.39 is 16.1 Å². The average Bonchev–Trinajstić information content (AvgIpc) is 2.90. The van der Waals surface area contributed by atoms with Crippen LogP contribution >= 0.6 is 0 Å². The van der Waals surface area contributed by atoms with Gasteiger partial charge >= 0.3 is 0 Å². The maximum atomic E-state index is 13.5. The Bertz CT molecular complexity index is 1190. The van der Waals surface area contributed by atoms with Gasteiger partial charge in [-0.25, -0.2) is 8.42 Å². The van der Waals surface area contributed by atoms with E-state index >= 15 is 0 Å². The predicted octanol–water partition coefficient (Wildman–Crippen LogP) is 4.42. The van der Waals surface area contributed by atoms with Gasteiger partial charge in [0, 0.05) is 25.6 Å². The van der Waals surface area contributed by atoms with Crippen LogP contribution in [0.15, 0.2) is 48.5 Å². The van der Waals surface area contributed by atoms with Crippen LogP contribution in [-0.4, -0.2) is 57.1 Å². The Kier molecular flexibility index (Phi) is 10.6. The van der Waals surface area contributed by atoms with Gasteiger partial charge < -0.3 is 15.0 Å². The van der Waals surface area contributed by atoms with Gasteiger partial charge in [-0.3, -0.25) is 13.9 Å². The first-order chi connectivity index (χ1) is 18.1. The highest BCUT2D eigenvalue weighted by atomic mass is 32.2. The van der Waals surface area contributed by atoms with Crippen molar-refractivity contribution in [3.05, 3.63) is 59.7 Å². The van der Waals surface area contributed by atoms with E-state index in [1.807, 2.05) is 43.3 Å². The molecule has 0 radical (unpaired) electrons. The summed E-state index contributed by atoms with van der Waals surface area (Å²) >= 11 is 0. The summed E-state index contributed by atoms with van der Waals surface area (Å²) in [6.45, 7) is 4.04. The number of carbonyl (C=O) groups excluding carboxylic acids is 2. The van der Waals surface area contributed by atoms with Gasteiger partial charge in [0.05, 0.1) is 19.1 Å². The lowest BCUT2D eigenvalue weighted by molar-refractivity contribution is -0.141. The van der Waals surface area contributed by atoms with Crippen LogP contribution in [0.1, 0.15) is 63.0 Å². The zero-order valence-corrected chi connectivity index (χ0v) is 23.8. The molecule has 38 heavy (non-hydrogen) atoms. The van der Waals surface area contributed by atoms with Gasteiger partial charge in [0.15, 0.2) is 0 Å². The van der Waals surface area contributed by atoms with Crippen molar-refractivity contribution < 1.29 is 22.7 Å². The first kappa shape index (κ1) is 29.5. The van der Waals surface area contributed by atoms with E-state index in [2.05, 4.69) is 5.32 Å². The first-order valence-corrected chi connectivity index (χ1v) is 15.2. The number of rotatable bonds is 12. The molecule has 0 spiro atoms. The third-order valence-electron chi connectivity index (χ3n) is 7.14. The van der Waals surface area contributed by atoms with Crippen molar-refractivity contribution in [3.8, 4) is 5.75 Å². The number of nitrogens with one attached hydrogen (secondary N) is 1. The molecule has 1 saturated carbocycles. The van der Waals surface area contributed by atoms with E-state index in [-0.39, 0.29) is 37.4 Å². The molecule has 9 heteroatoms. The molecule has 208 valence electrons. The van der Waals surface area contributed by atoms with E-state index in [0.717, 1.165) is 36.8 Å². The van der Waals surface area contributed by atoms with Crippen molar-refractivity contribution in [2.45, 2.75) is 77.4 Å². The molecule has 0 aliphatic heterocycles. The fraction of sp³-hybridized carbons (Fsp3) is 0.517. The van der Waals surface area contributed by atoms with Crippen molar-refractivity contribution in [2.75, 3.05) is 24.2 Å². The molecule has 1 aliphatic rings. The molecule has 2 aromatic rings. The van der Waals surface area contributed by atoms with Crippen LogP contribution in [0.5, 0.6) is 5.75 Å². The smallest absolute Gasteiger partial charge is 0.242 e. The summed E-state index contributed by atoms with van der Waals surface area (Å²) in [6, 6.07) is 14.2. The summed E-state index contributed by atoms with van der Waals surface area (Å²) in [5.74, 6) is 0.319. The van der Waals surface area contributed by atoms with Crippen LogP contribution in [0.25, 0.3) is 0 Å². The summed E-state index contributed by atoms with van der Waals surface area (Å²) in [5, 5.41) is 3.14. The molecule has 0 unspecified atom stereocenters. The molecule has 1 aliphatic carbocycles. The normalized spacial score (nSPS) is 14.9. The van der Waals surface area contributed by atoms with Crippen LogP contribution in [0, 0.1) is 6.92 Å². The average molecular weight is 544 g/mol. The number of carbonyl (C=O) groups is 2. The van der Waals surface area contributed by atoms with Crippen molar-refractivity contribution in [2.24, 2.45) is 0 Å². The molecule has 0 bridgehead atoms. The van der Waals surface area contributed by atoms with Crippen LogP contribution in [0.4, 0.5) is 5.69 Å². The topological polar surface area (TPSA) is 96.0 Å². The van der Waals surface area contributed by atoms with E-state index in [0.29, 0.717) is 17.9 Å². The molecule has 1 fully saturated rings. The van der Waals surface area contributed by atoms with Crippen molar-refractivity contribution in [3.63, 3.8) is 0 Å². The quantitative estimate of drug-likeness (QED) is 0.428. The maximum Gasteiger partial charge on any atom is 0.242 e. The second-order valence-corrected chi connectivity index (χ2v) is 12.0. The highest BCUT2D eigenvalue weighted by Crippen LogP contribution is 2.23. The van der Waals surface area contributed by atoms with E-state index in [4.69, 9.17) is 4.74 Å². The molecular weight excluding hydrogens is 502 g/mol. The number of ether oxygens (including phenoxy) is 1. The molecule has 0 heterocycles. The Labute approximate surface area is 227 Å². The zero-order valence-electron chi connectivity index (χ0n) is 23.0. The Hall–Kier alpha value is -3.07. The lowest BCUT2D eigenvalue weighted by atomic mass is 9.95. The molecular formula is C29H41N3O5S. The first-order valence-electron chi connectivity index (χ1n) is 13.4. The van der Waals surface area contributed by atoms with E-state index in [1.54, 1.807) is 31.1 Å². The number of sulfonamides is 1. The monoisotopic (exact) mass is 543 g/mol. The second kappa shape index (κ2) is 13.6. The van der Waals surface area contributed by atoms with Crippen LogP contribution in [-0.2, 0) is 26.2 Å².